The van der Waals surface area contributed by atoms with Crippen LogP contribution in [0.3, 0.4) is 0 Å². The molecule has 1 aromatic heterocycles. The van der Waals surface area contributed by atoms with Gasteiger partial charge in [-0.1, -0.05) is 35.5 Å². The molecule has 0 radical (unpaired) electrons. The van der Waals surface area contributed by atoms with Gasteiger partial charge in [0.25, 0.3) is 0 Å². The minimum Gasteiger partial charge on any atom is -0.409 e. The van der Waals surface area contributed by atoms with E-state index in [-0.39, 0.29) is 11.9 Å². The first-order valence-electron chi connectivity index (χ1n) is 6.68. The summed E-state index contributed by atoms with van der Waals surface area (Å²) in [5, 5.41) is 15.3. The fourth-order valence-corrected chi connectivity index (χ4v) is 3.58. The molecular weight excluding hydrogens is 350 g/mol. The van der Waals surface area contributed by atoms with Crippen LogP contribution in [-0.2, 0) is 6.42 Å². The zero-order valence-electron chi connectivity index (χ0n) is 11.5. The number of halogens is 1. The first-order valence-corrected chi connectivity index (χ1v) is 8.29. The highest BCUT2D eigenvalue weighted by Crippen LogP contribution is 2.22. The Morgan fingerprint density at radius 2 is 2.05 bits per heavy atom. The fourth-order valence-electron chi connectivity index (χ4n) is 2.10. The van der Waals surface area contributed by atoms with Crippen molar-refractivity contribution in [2.24, 2.45) is 10.9 Å². The first kappa shape index (κ1) is 16.0. The maximum absolute atomic E-state index is 8.77. The average molecular weight is 368 g/mol. The number of rotatable bonds is 7. The quantitative estimate of drug-likeness (QED) is 0.303. The molecule has 0 fully saturated rings. The number of amidine groups is 1. The number of nitrogens with zero attached hydrogens (tertiary/aromatic N) is 1. The highest BCUT2D eigenvalue weighted by Gasteiger charge is 2.13. The average Bonchev–Trinajstić information content (AvgIpc) is 2.92. The summed E-state index contributed by atoms with van der Waals surface area (Å²) in [6.45, 7) is 0.839. The minimum absolute atomic E-state index is 0.0468. The van der Waals surface area contributed by atoms with E-state index >= 15 is 0 Å². The van der Waals surface area contributed by atoms with Crippen LogP contribution in [0.5, 0.6) is 0 Å². The lowest BCUT2D eigenvalue weighted by Crippen LogP contribution is -2.28. The Hall–Kier alpha value is -1.37. The van der Waals surface area contributed by atoms with Crippen LogP contribution in [0.25, 0.3) is 0 Å². The molecule has 0 aliphatic carbocycles. The summed E-state index contributed by atoms with van der Waals surface area (Å²) >= 11 is 5.21. The Bertz CT molecular complexity index is 586. The van der Waals surface area contributed by atoms with E-state index in [9.17, 15) is 0 Å². The molecule has 1 aromatic carbocycles. The Morgan fingerprint density at radius 1 is 1.29 bits per heavy atom. The summed E-state index contributed by atoms with van der Waals surface area (Å²) in [4.78, 5) is 1.32. The molecule has 112 valence electrons. The van der Waals surface area contributed by atoms with Crippen molar-refractivity contribution in [2.75, 3.05) is 6.54 Å². The van der Waals surface area contributed by atoms with E-state index in [1.165, 1.54) is 4.88 Å². The molecule has 0 bridgehead atoms. The van der Waals surface area contributed by atoms with Crippen molar-refractivity contribution < 1.29 is 5.21 Å². The lowest BCUT2D eigenvalue weighted by molar-refractivity contribution is 0.315. The van der Waals surface area contributed by atoms with Crippen molar-refractivity contribution in [3.05, 3.63) is 56.7 Å². The Morgan fingerprint density at radius 3 is 2.67 bits per heavy atom. The smallest absolute Gasteiger partial charge is 0.141 e. The second-order valence-corrected chi connectivity index (χ2v) is 7.22. The Labute approximate surface area is 136 Å². The topological polar surface area (TPSA) is 70.6 Å². The van der Waals surface area contributed by atoms with Crippen molar-refractivity contribution >= 4 is 33.1 Å². The van der Waals surface area contributed by atoms with E-state index in [0.29, 0.717) is 6.42 Å². The lowest BCUT2D eigenvalue weighted by atomic mass is 10.0. The summed E-state index contributed by atoms with van der Waals surface area (Å²) in [6.07, 6.45) is 1.43. The molecule has 1 atom stereocenters. The molecule has 1 unspecified atom stereocenters. The standard InChI is InChI=1S/C15H18BrN3OS/c16-14-7-6-12(21-14)8-9-18-13(10-15(17)19-20)11-4-2-1-3-5-11/h1-7,13,18,20H,8-10H2,(H2,17,19). The summed E-state index contributed by atoms with van der Waals surface area (Å²) in [7, 11) is 0. The Balaban J connectivity index is 1.96. The summed E-state index contributed by atoms with van der Waals surface area (Å²) in [5.41, 5.74) is 6.79. The van der Waals surface area contributed by atoms with Gasteiger partial charge >= 0.3 is 0 Å². The van der Waals surface area contributed by atoms with Crippen LogP contribution in [0, 0.1) is 0 Å². The predicted molar refractivity (Wildman–Crippen MR) is 90.9 cm³/mol. The van der Waals surface area contributed by atoms with Crippen LogP contribution >= 0.6 is 27.3 Å². The number of benzene rings is 1. The summed E-state index contributed by atoms with van der Waals surface area (Å²) in [5.74, 6) is 0.232. The van der Waals surface area contributed by atoms with E-state index in [4.69, 9.17) is 10.9 Å². The molecule has 1 heterocycles. The monoisotopic (exact) mass is 367 g/mol. The predicted octanol–water partition coefficient (Wildman–Crippen LogP) is 3.52. The maximum atomic E-state index is 8.77. The normalized spacial score (nSPS) is 13.3. The van der Waals surface area contributed by atoms with E-state index < -0.39 is 0 Å². The number of oxime groups is 1. The second kappa shape index (κ2) is 8.17. The largest absolute Gasteiger partial charge is 0.409 e. The highest BCUT2D eigenvalue weighted by atomic mass is 79.9. The van der Waals surface area contributed by atoms with Gasteiger partial charge in [-0.2, -0.15) is 0 Å². The number of nitrogens with two attached hydrogens (primary N) is 1. The van der Waals surface area contributed by atoms with Gasteiger partial charge in [-0.15, -0.1) is 11.3 Å². The number of hydrogen-bond acceptors (Lipinski definition) is 4. The van der Waals surface area contributed by atoms with Crippen LogP contribution in [0.1, 0.15) is 22.9 Å². The van der Waals surface area contributed by atoms with Crippen LogP contribution in [-0.4, -0.2) is 17.6 Å². The van der Waals surface area contributed by atoms with Crippen molar-refractivity contribution in [1.82, 2.24) is 5.32 Å². The fraction of sp³-hybridized carbons (Fsp3) is 0.267. The van der Waals surface area contributed by atoms with Gasteiger partial charge in [0, 0.05) is 23.9 Å². The van der Waals surface area contributed by atoms with E-state index in [1.54, 1.807) is 11.3 Å². The molecule has 2 aromatic rings. The van der Waals surface area contributed by atoms with Gasteiger partial charge in [0.1, 0.15) is 5.84 Å². The van der Waals surface area contributed by atoms with Gasteiger partial charge in [-0.05, 0) is 40.0 Å². The van der Waals surface area contributed by atoms with Crippen LogP contribution in [0.2, 0.25) is 0 Å². The number of nitrogens with one attached hydrogen (secondary N) is 1. The third-order valence-electron chi connectivity index (χ3n) is 3.13. The zero-order valence-corrected chi connectivity index (χ0v) is 13.9. The third-order valence-corrected chi connectivity index (χ3v) is 4.82. The third kappa shape index (κ3) is 5.15. The van der Waals surface area contributed by atoms with Crippen molar-refractivity contribution in [2.45, 2.75) is 18.9 Å². The molecule has 21 heavy (non-hydrogen) atoms. The first-order chi connectivity index (χ1) is 10.2. The maximum Gasteiger partial charge on any atom is 0.141 e. The van der Waals surface area contributed by atoms with Crippen LogP contribution in [0.4, 0.5) is 0 Å². The van der Waals surface area contributed by atoms with E-state index in [2.05, 4.69) is 38.5 Å². The molecule has 0 saturated carbocycles. The molecule has 4 nitrogen and oxygen atoms in total. The minimum atomic E-state index is 0.0468. The number of hydrogen-bond donors (Lipinski definition) is 3. The van der Waals surface area contributed by atoms with E-state index in [1.807, 2.05) is 30.3 Å². The van der Waals surface area contributed by atoms with Gasteiger partial charge in [-0.25, -0.2) is 0 Å². The van der Waals surface area contributed by atoms with Crippen LogP contribution in [0.15, 0.2) is 51.4 Å². The highest BCUT2D eigenvalue weighted by molar-refractivity contribution is 9.11. The second-order valence-electron chi connectivity index (χ2n) is 4.67. The molecule has 4 N–H and O–H groups in total. The van der Waals surface area contributed by atoms with Gasteiger partial charge in [-0.3, -0.25) is 0 Å². The van der Waals surface area contributed by atoms with Gasteiger partial charge < -0.3 is 16.3 Å². The van der Waals surface area contributed by atoms with Gasteiger partial charge in [0.05, 0.1) is 3.79 Å². The molecule has 0 saturated heterocycles. The van der Waals surface area contributed by atoms with Gasteiger partial charge in [0.2, 0.25) is 0 Å². The van der Waals surface area contributed by atoms with Crippen molar-refractivity contribution in [3.63, 3.8) is 0 Å². The van der Waals surface area contributed by atoms with Crippen LogP contribution < -0.4 is 11.1 Å². The van der Waals surface area contributed by atoms with Crippen molar-refractivity contribution in [3.8, 4) is 0 Å². The zero-order chi connectivity index (χ0) is 15.1. The number of thiophene rings is 1. The molecule has 2 rings (SSSR count). The molecule has 0 aliphatic rings. The molecule has 0 aliphatic heterocycles. The van der Waals surface area contributed by atoms with Crippen molar-refractivity contribution in [1.29, 1.82) is 0 Å². The lowest BCUT2D eigenvalue weighted by Gasteiger charge is -2.18. The summed E-state index contributed by atoms with van der Waals surface area (Å²) in [6, 6.07) is 14.3. The summed E-state index contributed by atoms with van der Waals surface area (Å²) < 4.78 is 1.15. The Kier molecular flexibility index (Phi) is 6.22. The van der Waals surface area contributed by atoms with E-state index in [0.717, 1.165) is 22.3 Å². The molecule has 6 heteroatoms. The molecule has 0 spiro atoms. The SMILES string of the molecule is N/C(CC(NCCc1ccc(Br)s1)c1ccccc1)=N/O. The molecule has 0 amide bonds. The molecular formula is C15H18BrN3OS. The van der Waals surface area contributed by atoms with Gasteiger partial charge in [0.15, 0.2) is 0 Å².